The summed E-state index contributed by atoms with van der Waals surface area (Å²) >= 11 is 0. The third kappa shape index (κ3) is 1.84. The lowest BCUT2D eigenvalue weighted by Crippen LogP contribution is -1.97. The summed E-state index contributed by atoms with van der Waals surface area (Å²) in [5.41, 5.74) is 11.9. The number of hydrogen-bond acceptors (Lipinski definition) is 2. The molecule has 0 aliphatic heterocycles. The Bertz CT molecular complexity index is 593. The van der Waals surface area contributed by atoms with Crippen molar-refractivity contribution in [1.82, 2.24) is 9.97 Å². The first-order valence-corrected chi connectivity index (χ1v) is 5.83. The number of aryl methyl sites for hydroxylation is 1. The zero-order valence-corrected chi connectivity index (χ0v) is 9.83. The van der Waals surface area contributed by atoms with Gasteiger partial charge in [0, 0.05) is 0 Å². The van der Waals surface area contributed by atoms with E-state index in [0.717, 1.165) is 24.1 Å². The molecule has 17 heavy (non-hydrogen) atoms. The van der Waals surface area contributed by atoms with E-state index in [1.54, 1.807) is 6.20 Å². The lowest BCUT2D eigenvalue weighted by Gasteiger charge is -2.14. The molecule has 3 heteroatoms. The van der Waals surface area contributed by atoms with Crippen LogP contribution in [0.4, 0.5) is 5.95 Å². The van der Waals surface area contributed by atoms with Crippen LogP contribution in [-0.2, 0) is 6.42 Å². The van der Waals surface area contributed by atoms with Gasteiger partial charge in [0.05, 0.1) is 11.9 Å². The van der Waals surface area contributed by atoms with E-state index >= 15 is 0 Å². The molecule has 0 spiro atoms. The number of fused-ring (bicyclic) bond motifs is 1. The average Bonchev–Trinajstić information content (AvgIpc) is 2.75. The summed E-state index contributed by atoms with van der Waals surface area (Å²) in [6.45, 7) is 2.19. The van der Waals surface area contributed by atoms with Crippen LogP contribution in [0.3, 0.4) is 0 Å². The summed E-state index contributed by atoms with van der Waals surface area (Å²) in [7, 11) is 0. The highest BCUT2D eigenvalue weighted by Crippen LogP contribution is 2.28. The first-order chi connectivity index (χ1) is 8.22. The molecule has 86 valence electrons. The molecule has 1 aromatic carbocycles. The van der Waals surface area contributed by atoms with E-state index in [9.17, 15) is 0 Å². The summed E-state index contributed by atoms with van der Waals surface area (Å²) in [6, 6.07) is 6.51. The van der Waals surface area contributed by atoms with E-state index in [2.05, 4.69) is 41.2 Å². The predicted molar refractivity (Wildman–Crippen MR) is 70.4 cm³/mol. The van der Waals surface area contributed by atoms with Crippen LogP contribution < -0.4 is 5.73 Å². The fourth-order valence-corrected chi connectivity index (χ4v) is 2.28. The molecule has 0 saturated heterocycles. The van der Waals surface area contributed by atoms with E-state index in [1.807, 2.05) is 0 Å². The molecule has 2 aromatic rings. The molecule has 1 heterocycles. The van der Waals surface area contributed by atoms with Crippen molar-refractivity contribution in [3.63, 3.8) is 0 Å². The van der Waals surface area contributed by atoms with Gasteiger partial charge in [-0.15, -0.1) is 0 Å². The van der Waals surface area contributed by atoms with E-state index in [4.69, 9.17) is 5.73 Å². The normalized spacial score (nSPS) is 14.3. The lowest BCUT2D eigenvalue weighted by molar-refractivity contribution is 0.928. The summed E-state index contributed by atoms with van der Waals surface area (Å²) in [5, 5.41) is 0. The third-order valence-electron chi connectivity index (χ3n) is 3.24. The van der Waals surface area contributed by atoms with Gasteiger partial charge in [0.2, 0.25) is 0 Å². The van der Waals surface area contributed by atoms with Crippen molar-refractivity contribution in [2.24, 2.45) is 0 Å². The summed E-state index contributed by atoms with van der Waals surface area (Å²) in [4.78, 5) is 7.09. The quantitative estimate of drug-likeness (QED) is 0.783. The Morgan fingerprint density at radius 3 is 2.94 bits per heavy atom. The fraction of sp³-hybridized carbons (Fsp3) is 0.214. The smallest absolute Gasteiger partial charge is 0.197 e. The molecule has 0 unspecified atom stereocenters. The van der Waals surface area contributed by atoms with Crippen LogP contribution in [0.1, 0.15) is 24.5 Å². The largest absolute Gasteiger partial charge is 0.369 e. The average molecular weight is 225 g/mol. The highest BCUT2D eigenvalue weighted by molar-refractivity contribution is 5.67. The molecule has 1 aliphatic carbocycles. The molecule has 0 amide bonds. The molecular weight excluding hydrogens is 210 g/mol. The number of anilines is 1. The molecule has 3 rings (SSSR count). The van der Waals surface area contributed by atoms with Crippen LogP contribution in [0.5, 0.6) is 0 Å². The SMILES string of the molecule is CC1=Cc2ccc(-c3cnc(N)[nH]3)cc2CC1. The summed E-state index contributed by atoms with van der Waals surface area (Å²) in [5.74, 6) is 0.466. The molecule has 3 N–H and O–H groups in total. The van der Waals surface area contributed by atoms with Crippen LogP contribution in [-0.4, -0.2) is 9.97 Å². The maximum absolute atomic E-state index is 5.60. The Balaban J connectivity index is 2.05. The van der Waals surface area contributed by atoms with Crippen LogP contribution >= 0.6 is 0 Å². The van der Waals surface area contributed by atoms with Gasteiger partial charge < -0.3 is 10.7 Å². The predicted octanol–water partition coefficient (Wildman–Crippen LogP) is 3.01. The maximum Gasteiger partial charge on any atom is 0.197 e. The van der Waals surface area contributed by atoms with Crippen molar-refractivity contribution >= 4 is 12.0 Å². The van der Waals surface area contributed by atoms with Gasteiger partial charge in [-0.3, -0.25) is 0 Å². The van der Waals surface area contributed by atoms with Crippen molar-refractivity contribution < 1.29 is 0 Å². The molecule has 0 fully saturated rings. The summed E-state index contributed by atoms with van der Waals surface area (Å²) in [6.07, 6.45) is 6.32. The van der Waals surface area contributed by atoms with Gasteiger partial charge in [0.15, 0.2) is 5.95 Å². The van der Waals surface area contributed by atoms with Crippen molar-refractivity contribution in [2.75, 3.05) is 5.73 Å². The van der Waals surface area contributed by atoms with Gasteiger partial charge in [0.25, 0.3) is 0 Å². The maximum atomic E-state index is 5.60. The number of nitrogen functional groups attached to an aromatic ring is 1. The second-order valence-corrected chi connectivity index (χ2v) is 4.59. The highest BCUT2D eigenvalue weighted by atomic mass is 15.0. The Morgan fingerprint density at radius 2 is 2.18 bits per heavy atom. The minimum absolute atomic E-state index is 0.466. The summed E-state index contributed by atoms with van der Waals surface area (Å²) < 4.78 is 0. The second-order valence-electron chi connectivity index (χ2n) is 4.59. The van der Waals surface area contributed by atoms with Gasteiger partial charge in [-0.25, -0.2) is 4.98 Å². The monoisotopic (exact) mass is 225 g/mol. The first-order valence-electron chi connectivity index (χ1n) is 5.83. The molecule has 1 aliphatic rings. The number of H-pyrrole nitrogens is 1. The van der Waals surface area contributed by atoms with Gasteiger partial charge in [0.1, 0.15) is 0 Å². The molecule has 3 nitrogen and oxygen atoms in total. The number of nitrogens with zero attached hydrogens (tertiary/aromatic N) is 1. The number of aromatic amines is 1. The zero-order chi connectivity index (χ0) is 11.8. The number of aromatic nitrogens is 2. The number of allylic oxidation sites excluding steroid dienone is 1. The van der Waals surface area contributed by atoms with Gasteiger partial charge >= 0.3 is 0 Å². The first kappa shape index (κ1) is 10.1. The third-order valence-corrected chi connectivity index (χ3v) is 3.24. The number of hydrogen-bond donors (Lipinski definition) is 2. The Morgan fingerprint density at radius 1 is 1.29 bits per heavy atom. The number of benzene rings is 1. The van der Waals surface area contributed by atoms with Crippen LogP contribution in [0.2, 0.25) is 0 Å². The Kier molecular flexibility index (Phi) is 2.25. The van der Waals surface area contributed by atoms with Crippen molar-refractivity contribution in [3.05, 3.63) is 41.1 Å². The van der Waals surface area contributed by atoms with Crippen molar-refractivity contribution in [2.45, 2.75) is 19.8 Å². The number of nitrogens with two attached hydrogens (primary N) is 1. The van der Waals surface area contributed by atoms with E-state index < -0.39 is 0 Å². The fourth-order valence-electron chi connectivity index (χ4n) is 2.28. The molecule has 1 aromatic heterocycles. The second kappa shape index (κ2) is 3.77. The number of nitrogens with one attached hydrogen (secondary N) is 1. The standard InChI is InChI=1S/C14H15N3/c1-9-2-3-11-7-12(5-4-10(11)6-9)13-8-16-14(15)17-13/h4-8H,2-3H2,1H3,(H3,15,16,17). The highest BCUT2D eigenvalue weighted by Gasteiger charge is 2.10. The van der Waals surface area contributed by atoms with Gasteiger partial charge in [-0.1, -0.05) is 23.8 Å². The van der Waals surface area contributed by atoms with Gasteiger partial charge in [-0.05, 0) is 42.5 Å². The Labute approximate surface area is 100 Å². The molecule has 0 bridgehead atoms. The molecule has 0 radical (unpaired) electrons. The van der Waals surface area contributed by atoms with Crippen molar-refractivity contribution in [1.29, 1.82) is 0 Å². The number of imidazole rings is 1. The minimum Gasteiger partial charge on any atom is -0.369 e. The zero-order valence-electron chi connectivity index (χ0n) is 9.83. The van der Waals surface area contributed by atoms with Crippen LogP contribution in [0.15, 0.2) is 30.0 Å². The van der Waals surface area contributed by atoms with Crippen LogP contribution in [0.25, 0.3) is 17.3 Å². The topological polar surface area (TPSA) is 54.7 Å². The van der Waals surface area contributed by atoms with E-state index in [-0.39, 0.29) is 0 Å². The minimum atomic E-state index is 0.466. The molecule has 0 saturated carbocycles. The van der Waals surface area contributed by atoms with E-state index in [0.29, 0.717) is 5.95 Å². The lowest BCUT2D eigenvalue weighted by atomic mass is 9.91. The van der Waals surface area contributed by atoms with Crippen LogP contribution in [0, 0.1) is 0 Å². The number of rotatable bonds is 1. The Hall–Kier alpha value is -2.03. The van der Waals surface area contributed by atoms with E-state index in [1.165, 1.54) is 16.7 Å². The molecular formula is C14H15N3. The van der Waals surface area contributed by atoms with Gasteiger partial charge in [-0.2, -0.15) is 0 Å². The van der Waals surface area contributed by atoms with Crippen molar-refractivity contribution in [3.8, 4) is 11.3 Å². The molecule has 0 atom stereocenters.